The molecule has 0 aliphatic heterocycles. The number of rotatable bonds is 2. The molecular formula is C11H9FN4O. The van der Waals surface area contributed by atoms with Gasteiger partial charge in [0.2, 0.25) is 0 Å². The maximum absolute atomic E-state index is 13.1. The molecule has 0 saturated heterocycles. The van der Waals surface area contributed by atoms with E-state index in [1.54, 1.807) is 7.05 Å². The standard InChI is InChI=1S/C11H9FN4O/c1-15-7-14-16(11(15)17)6-9-4-10(12)3-2-8(9)5-13/h2-4,7H,6H2,1H3. The van der Waals surface area contributed by atoms with Crippen LogP contribution >= 0.6 is 0 Å². The Balaban J connectivity index is 2.43. The van der Waals surface area contributed by atoms with E-state index in [0.29, 0.717) is 11.1 Å². The monoisotopic (exact) mass is 232 g/mol. The summed E-state index contributed by atoms with van der Waals surface area (Å²) in [6, 6.07) is 5.79. The first kappa shape index (κ1) is 11.1. The van der Waals surface area contributed by atoms with Gasteiger partial charge in [0.1, 0.15) is 12.1 Å². The molecule has 5 nitrogen and oxygen atoms in total. The van der Waals surface area contributed by atoms with Crippen LogP contribution in [0.5, 0.6) is 0 Å². The Morgan fingerprint density at radius 1 is 1.53 bits per heavy atom. The molecule has 0 saturated carbocycles. The zero-order valence-electron chi connectivity index (χ0n) is 9.09. The topological polar surface area (TPSA) is 63.6 Å². The smallest absolute Gasteiger partial charge is 0.285 e. The van der Waals surface area contributed by atoms with Gasteiger partial charge in [0, 0.05) is 7.05 Å². The summed E-state index contributed by atoms with van der Waals surface area (Å²) in [5.74, 6) is -0.442. The Morgan fingerprint density at radius 2 is 2.29 bits per heavy atom. The fourth-order valence-electron chi connectivity index (χ4n) is 1.49. The molecule has 0 aliphatic rings. The van der Waals surface area contributed by atoms with Crippen molar-refractivity contribution in [3.63, 3.8) is 0 Å². The van der Waals surface area contributed by atoms with Gasteiger partial charge in [-0.3, -0.25) is 4.57 Å². The van der Waals surface area contributed by atoms with Crippen LogP contribution in [0.2, 0.25) is 0 Å². The van der Waals surface area contributed by atoms with Gasteiger partial charge in [-0.1, -0.05) is 0 Å². The van der Waals surface area contributed by atoms with Gasteiger partial charge in [0.05, 0.1) is 18.2 Å². The molecule has 0 atom stereocenters. The number of halogens is 1. The van der Waals surface area contributed by atoms with Crippen molar-refractivity contribution in [3.8, 4) is 6.07 Å². The van der Waals surface area contributed by atoms with Crippen LogP contribution in [0.4, 0.5) is 4.39 Å². The predicted octanol–water partition coefficient (Wildman–Crippen LogP) is 0.641. The molecule has 1 aromatic carbocycles. The molecule has 0 N–H and O–H groups in total. The van der Waals surface area contributed by atoms with Gasteiger partial charge in [-0.05, 0) is 23.8 Å². The molecule has 0 spiro atoms. The van der Waals surface area contributed by atoms with Crippen LogP contribution in [0.1, 0.15) is 11.1 Å². The first-order chi connectivity index (χ1) is 8.11. The van der Waals surface area contributed by atoms with Crippen molar-refractivity contribution in [1.29, 1.82) is 5.26 Å². The largest absolute Gasteiger partial charge is 0.345 e. The highest BCUT2D eigenvalue weighted by Gasteiger charge is 2.08. The van der Waals surface area contributed by atoms with Crippen LogP contribution < -0.4 is 5.69 Å². The molecule has 2 aromatic rings. The van der Waals surface area contributed by atoms with Crippen molar-refractivity contribution in [2.45, 2.75) is 6.54 Å². The summed E-state index contributed by atoms with van der Waals surface area (Å²) in [6.07, 6.45) is 1.37. The van der Waals surface area contributed by atoms with Gasteiger partial charge >= 0.3 is 5.69 Å². The van der Waals surface area contributed by atoms with E-state index in [2.05, 4.69) is 5.10 Å². The van der Waals surface area contributed by atoms with Crippen molar-refractivity contribution < 1.29 is 4.39 Å². The van der Waals surface area contributed by atoms with E-state index in [0.717, 1.165) is 0 Å². The lowest BCUT2D eigenvalue weighted by Crippen LogP contribution is -2.23. The maximum Gasteiger partial charge on any atom is 0.345 e. The lowest BCUT2D eigenvalue weighted by molar-refractivity contribution is 0.612. The summed E-state index contributed by atoms with van der Waals surface area (Å²) >= 11 is 0. The lowest BCUT2D eigenvalue weighted by atomic mass is 10.1. The Morgan fingerprint density at radius 3 is 2.88 bits per heavy atom. The highest BCUT2D eigenvalue weighted by molar-refractivity contribution is 5.37. The maximum atomic E-state index is 13.1. The first-order valence-electron chi connectivity index (χ1n) is 4.89. The molecular weight excluding hydrogens is 223 g/mol. The molecule has 0 amide bonds. The summed E-state index contributed by atoms with van der Waals surface area (Å²) in [5.41, 5.74) is 0.468. The van der Waals surface area contributed by atoms with E-state index in [1.807, 2.05) is 6.07 Å². The number of benzene rings is 1. The number of aryl methyl sites for hydroxylation is 1. The van der Waals surface area contributed by atoms with E-state index in [4.69, 9.17) is 5.26 Å². The Hall–Kier alpha value is -2.42. The zero-order chi connectivity index (χ0) is 12.4. The number of hydrogen-bond donors (Lipinski definition) is 0. The van der Waals surface area contributed by atoms with E-state index in [1.165, 1.54) is 33.8 Å². The van der Waals surface area contributed by atoms with Crippen LogP contribution in [-0.4, -0.2) is 14.3 Å². The normalized spacial score (nSPS) is 10.2. The van der Waals surface area contributed by atoms with Crippen molar-refractivity contribution >= 4 is 0 Å². The van der Waals surface area contributed by atoms with Gasteiger partial charge in [-0.2, -0.15) is 10.4 Å². The van der Waals surface area contributed by atoms with E-state index >= 15 is 0 Å². The third-order valence-electron chi connectivity index (χ3n) is 2.39. The van der Waals surface area contributed by atoms with Crippen LogP contribution in [-0.2, 0) is 13.6 Å². The van der Waals surface area contributed by atoms with Crippen molar-refractivity contribution in [1.82, 2.24) is 14.3 Å². The molecule has 0 radical (unpaired) electrons. The van der Waals surface area contributed by atoms with E-state index in [-0.39, 0.29) is 12.2 Å². The quantitative estimate of drug-likeness (QED) is 0.763. The molecule has 0 bridgehead atoms. The van der Waals surface area contributed by atoms with E-state index < -0.39 is 5.82 Å². The van der Waals surface area contributed by atoms with Gasteiger partial charge < -0.3 is 0 Å². The van der Waals surface area contributed by atoms with Gasteiger partial charge in [0.25, 0.3) is 0 Å². The lowest BCUT2D eigenvalue weighted by Gasteiger charge is -2.03. The summed E-state index contributed by atoms with van der Waals surface area (Å²) < 4.78 is 15.6. The van der Waals surface area contributed by atoms with Gasteiger partial charge in [0.15, 0.2) is 0 Å². The molecule has 17 heavy (non-hydrogen) atoms. The average molecular weight is 232 g/mol. The number of aromatic nitrogens is 3. The molecule has 1 aromatic heterocycles. The van der Waals surface area contributed by atoms with E-state index in [9.17, 15) is 9.18 Å². The molecule has 1 heterocycles. The molecule has 0 fully saturated rings. The molecule has 0 unspecified atom stereocenters. The second kappa shape index (κ2) is 4.22. The highest BCUT2D eigenvalue weighted by Crippen LogP contribution is 2.10. The van der Waals surface area contributed by atoms with Crippen molar-refractivity contribution in [2.75, 3.05) is 0 Å². The van der Waals surface area contributed by atoms with Crippen molar-refractivity contribution in [3.05, 3.63) is 52.0 Å². The summed E-state index contributed by atoms with van der Waals surface area (Å²) in [7, 11) is 1.57. The summed E-state index contributed by atoms with van der Waals surface area (Å²) in [5, 5.41) is 12.7. The summed E-state index contributed by atoms with van der Waals surface area (Å²) in [4.78, 5) is 11.5. The Kier molecular flexibility index (Phi) is 2.75. The van der Waals surface area contributed by atoms with Crippen LogP contribution in [0, 0.1) is 17.1 Å². The van der Waals surface area contributed by atoms with Gasteiger partial charge in [-0.15, -0.1) is 0 Å². The minimum Gasteiger partial charge on any atom is -0.285 e. The SMILES string of the molecule is Cn1cnn(Cc2cc(F)ccc2C#N)c1=O. The minimum absolute atomic E-state index is 0.0837. The van der Waals surface area contributed by atoms with Crippen LogP contribution in [0.25, 0.3) is 0 Å². The Labute approximate surface area is 96.3 Å². The first-order valence-corrected chi connectivity index (χ1v) is 4.89. The molecule has 0 aliphatic carbocycles. The predicted molar refractivity (Wildman–Crippen MR) is 57.7 cm³/mol. The second-order valence-corrected chi connectivity index (χ2v) is 3.60. The zero-order valence-corrected chi connectivity index (χ0v) is 9.09. The third kappa shape index (κ3) is 2.08. The fourth-order valence-corrected chi connectivity index (χ4v) is 1.49. The molecule has 2 rings (SSSR count). The van der Waals surface area contributed by atoms with Crippen molar-refractivity contribution in [2.24, 2.45) is 7.05 Å². The minimum atomic E-state index is -0.442. The van der Waals surface area contributed by atoms with Gasteiger partial charge in [-0.25, -0.2) is 13.9 Å². The second-order valence-electron chi connectivity index (χ2n) is 3.60. The number of hydrogen-bond acceptors (Lipinski definition) is 3. The third-order valence-corrected chi connectivity index (χ3v) is 2.39. The summed E-state index contributed by atoms with van der Waals surface area (Å²) in [6.45, 7) is 0.0837. The number of nitrogens with zero attached hydrogens (tertiary/aromatic N) is 4. The van der Waals surface area contributed by atoms with Crippen LogP contribution in [0.15, 0.2) is 29.3 Å². The molecule has 86 valence electrons. The average Bonchev–Trinajstić information content (AvgIpc) is 2.61. The van der Waals surface area contributed by atoms with Crippen LogP contribution in [0.3, 0.4) is 0 Å². The highest BCUT2D eigenvalue weighted by atomic mass is 19.1. The molecule has 6 heteroatoms. The Bertz CT molecular complexity index is 650. The fraction of sp³-hybridized carbons (Fsp3) is 0.182. The number of nitriles is 1.